The predicted octanol–water partition coefficient (Wildman–Crippen LogP) is 16.1. The lowest BCUT2D eigenvalue weighted by molar-refractivity contribution is 1.18. The molecule has 0 fully saturated rings. The van der Waals surface area contributed by atoms with Crippen LogP contribution in [0.1, 0.15) is 13.7 Å². The lowest BCUT2D eigenvalue weighted by Gasteiger charge is -2.26. The first-order valence-electron chi connectivity index (χ1n) is 24.8. The standard InChI is InChI=1S/C58H40N2/c1-4-12-41(13-5-1)43-26-32-52(33-27-43)59(53-34-28-44(29-35-53)42-14-6-2-7-15-42)54-36-30-48-38-47(24-25-49(48)39-54)45-20-22-46(23-21-45)50-31-37-58-56(40-50)55-18-10-11-19-57(55)60(58)51-16-8-3-9-17-51/h1-40H/i1D,2D,4D,5D,6D,7D,12D,13D,14D,15D. The highest BCUT2D eigenvalue weighted by Gasteiger charge is 2.16. The van der Waals surface area contributed by atoms with Gasteiger partial charge in [0.05, 0.1) is 24.7 Å². The van der Waals surface area contributed by atoms with Crippen LogP contribution >= 0.6 is 0 Å². The molecular formula is C58H40N2. The van der Waals surface area contributed by atoms with Crippen LogP contribution < -0.4 is 4.90 Å². The number of fused-ring (bicyclic) bond motifs is 4. The average Bonchev–Trinajstić information content (AvgIpc) is 3.73. The van der Waals surface area contributed by atoms with Crippen LogP contribution in [0.3, 0.4) is 0 Å². The van der Waals surface area contributed by atoms with Gasteiger partial charge in [0.2, 0.25) is 0 Å². The quantitative estimate of drug-likeness (QED) is 0.149. The summed E-state index contributed by atoms with van der Waals surface area (Å²) in [5, 5.41) is 4.41. The van der Waals surface area contributed by atoms with Gasteiger partial charge in [-0.2, -0.15) is 0 Å². The molecule has 282 valence electrons. The number of nitrogens with zero attached hydrogens (tertiary/aromatic N) is 2. The maximum atomic E-state index is 8.56. The van der Waals surface area contributed by atoms with Crippen LogP contribution in [0.25, 0.3) is 82.8 Å². The Bertz CT molecular complexity index is 3700. The molecule has 0 saturated heterocycles. The highest BCUT2D eigenvalue weighted by atomic mass is 15.1. The van der Waals surface area contributed by atoms with Crippen LogP contribution in [0.15, 0.2) is 242 Å². The summed E-state index contributed by atoms with van der Waals surface area (Å²) in [6, 6.07) is 57.5. The number of hydrogen-bond donors (Lipinski definition) is 0. The van der Waals surface area contributed by atoms with Crippen LogP contribution in [0.5, 0.6) is 0 Å². The van der Waals surface area contributed by atoms with Crippen molar-refractivity contribution < 1.29 is 13.7 Å². The smallest absolute Gasteiger partial charge is 0.0629 e. The molecule has 0 spiro atoms. The van der Waals surface area contributed by atoms with Crippen LogP contribution in [0.2, 0.25) is 0 Å². The molecule has 10 aromatic carbocycles. The van der Waals surface area contributed by atoms with Gasteiger partial charge in [-0.15, -0.1) is 0 Å². The largest absolute Gasteiger partial charge is 0.310 e. The summed E-state index contributed by atoms with van der Waals surface area (Å²) >= 11 is 0. The van der Waals surface area contributed by atoms with Crippen LogP contribution in [-0.2, 0) is 0 Å². The van der Waals surface area contributed by atoms with Crippen molar-refractivity contribution in [3.05, 3.63) is 242 Å². The van der Waals surface area contributed by atoms with Gasteiger partial charge in [0.15, 0.2) is 0 Å². The molecule has 0 aliphatic carbocycles. The van der Waals surface area contributed by atoms with E-state index in [9.17, 15) is 0 Å². The molecule has 0 N–H and O–H groups in total. The lowest BCUT2D eigenvalue weighted by Crippen LogP contribution is -2.09. The minimum atomic E-state index is -0.455. The highest BCUT2D eigenvalue weighted by Crippen LogP contribution is 2.40. The molecule has 0 aliphatic heterocycles. The minimum Gasteiger partial charge on any atom is -0.310 e. The van der Waals surface area contributed by atoms with E-state index in [1.807, 2.05) is 41.3 Å². The van der Waals surface area contributed by atoms with E-state index in [2.05, 4.69) is 126 Å². The molecule has 0 radical (unpaired) electrons. The van der Waals surface area contributed by atoms with E-state index in [4.69, 9.17) is 13.7 Å². The Morgan fingerprint density at radius 2 is 0.767 bits per heavy atom. The fourth-order valence-electron chi connectivity index (χ4n) is 8.20. The van der Waals surface area contributed by atoms with Crippen molar-refractivity contribution in [3.63, 3.8) is 0 Å². The SMILES string of the molecule is [2H]c1c([2H])c([2H])c(-c2ccc(N(c3ccc(-c4c([2H])c([2H])c([2H])c([2H])c4[2H])cc3)c3ccc4cc(-c5ccc(-c6ccc7c(c6)c6ccccc6n7-c6ccccc6)cc5)ccc4c3)cc2)c([2H])c1[2H]. The Hall–Kier alpha value is -7.94. The predicted molar refractivity (Wildman–Crippen MR) is 255 cm³/mol. The van der Waals surface area contributed by atoms with E-state index >= 15 is 0 Å². The Morgan fingerprint density at radius 1 is 0.317 bits per heavy atom. The molecule has 0 aliphatic rings. The third kappa shape index (κ3) is 6.51. The maximum absolute atomic E-state index is 8.56. The van der Waals surface area contributed by atoms with E-state index in [0.717, 1.165) is 49.9 Å². The maximum Gasteiger partial charge on any atom is 0.0629 e. The van der Waals surface area contributed by atoms with Crippen molar-refractivity contribution in [1.29, 1.82) is 0 Å². The molecule has 0 saturated carbocycles. The summed E-state index contributed by atoms with van der Waals surface area (Å²) in [5.41, 5.74) is 11.2. The van der Waals surface area contributed by atoms with Gasteiger partial charge in [-0.05, 0) is 128 Å². The average molecular weight is 775 g/mol. The second kappa shape index (κ2) is 15.1. The molecule has 0 amide bonds. The monoisotopic (exact) mass is 774 g/mol. The second-order valence-electron chi connectivity index (χ2n) is 14.7. The highest BCUT2D eigenvalue weighted by molar-refractivity contribution is 6.10. The normalized spacial score (nSPS) is 13.7. The van der Waals surface area contributed by atoms with E-state index in [1.165, 1.54) is 16.3 Å². The zero-order valence-corrected chi connectivity index (χ0v) is 32.2. The molecule has 1 heterocycles. The minimum absolute atomic E-state index is 0.105. The molecule has 2 heteroatoms. The van der Waals surface area contributed by atoms with Gasteiger partial charge in [-0.1, -0.05) is 170 Å². The fourth-order valence-corrected chi connectivity index (χ4v) is 8.20. The Balaban J connectivity index is 0.937. The van der Waals surface area contributed by atoms with Crippen molar-refractivity contribution in [1.82, 2.24) is 4.57 Å². The summed E-state index contributed by atoms with van der Waals surface area (Å²) < 4.78 is 85.6. The molecule has 0 bridgehead atoms. The van der Waals surface area contributed by atoms with E-state index in [-0.39, 0.29) is 35.3 Å². The van der Waals surface area contributed by atoms with Crippen molar-refractivity contribution in [2.24, 2.45) is 0 Å². The Labute approximate surface area is 364 Å². The number of anilines is 3. The molecular weight excluding hydrogens is 725 g/mol. The van der Waals surface area contributed by atoms with Gasteiger partial charge in [-0.25, -0.2) is 0 Å². The zero-order valence-electron chi connectivity index (χ0n) is 42.2. The van der Waals surface area contributed by atoms with Crippen molar-refractivity contribution in [3.8, 4) is 50.2 Å². The Kier molecular flexibility index (Phi) is 6.58. The molecule has 0 atom stereocenters. The van der Waals surface area contributed by atoms with E-state index < -0.39 is 36.3 Å². The number of hydrogen-bond acceptors (Lipinski definition) is 1. The second-order valence-corrected chi connectivity index (χ2v) is 14.7. The molecule has 11 aromatic rings. The van der Waals surface area contributed by atoms with Gasteiger partial charge >= 0.3 is 0 Å². The number of benzene rings is 10. The molecule has 11 rings (SSSR count). The van der Waals surface area contributed by atoms with E-state index in [0.29, 0.717) is 22.5 Å². The third-order valence-electron chi connectivity index (χ3n) is 11.1. The van der Waals surface area contributed by atoms with Gasteiger partial charge in [-0.3, -0.25) is 0 Å². The number of para-hydroxylation sites is 2. The fraction of sp³-hybridized carbons (Fsp3) is 0. The summed E-state index contributed by atoms with van der Waals surface area (Å²) in [5.74, 6) is 0. The molecule has 2 nitrogen and oxygen atoms in total. The summed E-state index contributed by atoms with van der Waals surface area (Å²) in [4.78, 5) is 2.01. The third-order valence-corrected chi connectivity index (χ3v) is 11.1. The summed E-state index contributed by atoms with van der Waals surface area (Å²) in [6.07, 6.45) is 0. The summed E-state index contributed by atoms with van der Waals surface area (Å²) in [7, 11) is 0. The lowest BCUT2D eigenvalue weighted by atomic mass is 9.97. The van der Waals surface area contributed by atoms with Crippen molar-refractivity contribution in [2.75, 3.05) is 4.90 Å². The van der Waals surface area contributed by atoms with Crippen LogP contribution in [0.4, 0.5) is 17.1 Å². The van der Waals surface area contributed by atoms with Gasteiger partial charge in [0.1, 0.15) is 0 Å². The van der Waals surface area contributed by atoms with E-state index in [1.54, 1.807) is 24.3 Å². The van der Waals surface area contributed by atoms with Gasteiger partial charge in [0, 0.05) is 33.5 Å². The zero-order chi connectivity index (χ0) is 48.5. The first-order chi connectivity index (χ1) is 33.9. The first-order valence-corrected chi connectivity index (χ1v) is 19.8. The van der Waals surface area contributed by atoms with Crippen molar-refractivity contribution >= 4 is 49.6 Å². The van der Waals surface area contributed by atoms with Crippen LogP contribution in [0, 0.1) is 0 Å². The summed E-state index contributed by atoms with van der Waals surface area (Å²) in [6.45, 7) is 0. The first kappa shape index (κ1) is 26.1. The van der Waals surface area contributed by atoms with Crippen molar-refractivity contribution in [2.45, 2.75) is 0 Å². The number of aromatic nitrogens is 1. The topological polar surface area (TPSA) is 8.17 Å². The molecule has 1 aromatic heterocycles. The van der Waals surface area contributed by atoms with Gasteiger partial charge in [0.25, 0.3) is 0 Å². The van der Waals surface area contributed by atoms with Gasteiger partial charge < -0.3 is 9.47 Å². The van der Waals surface area contributed by atoms with Crippen LogP contribution in [-0.4, -0.2) is 4.57 Å². The molecule has 60 heavy (non-hydrogen) atoms. The Morgan fingerprint density at radius 3 is 1.40 bits per heavy atom. The number of rotatable bonds is 8. The molecule has 0 unspecified atom stereocenters.